The third kappa shape index (κ3) is 2.52. The summed E-state index contributed by atoms with van der Waals surface area (Å²) in [5.41, 5.74) is 2.56. The maximum Gasteiger partial charge on any atom is 0.299 e. The number of rotatable bonds is 2. The highest BCUT2D eigenvalue weighted by Crippen LogP contribution is 2.32. The number of nitrogens with one attached hydrogen (secondary N) is 1. The second-order valence-corrected chi connectivity index (χ2v) is 6.41. The van der Waals surface area contributed by atoms with Gasteiger partial charge in [-0.2, -0.15) is 0 Å². The molecule has 2 aromatic carbocycles. The summed E-state index contributed by atoms with van der Waals surface area (Å²) in [4.78, 5) is 30.3. The quantitative estimate of drug-likeness (QED) is 0.571. The van der Waals surface area contributed by atoms with E-state index >= 15 is 0 Å². The van der Waals surface area contributed by atoms with Crippen molar-refractivity contribution in [2.75, 3.05) is 4.90 Å². The van der Waals surface area contributed by atoms with Crippen molar-refractivity contribution >= 4 is 28.3 Å². The number of H-pyrrole nitrogens is 1. The molecule has 0 aliphatic carbocycles. The fourth-order valence-corrected chi connectivity index (χ4v) is 3.51. The van der Waals surface area contributed by atoms with Crippen LogP contribution in [-0.4, -0.2) is 22.7 Å². The molecule has 4 rings (SSSR count). The Balaban J connectivity index is 1.74. The van der Waals surface area contributed by atoms with Gasteiger partial charge in [0.15, 0.2) is 0 Å². The van der Waals surface area contributed by atoms with E-state index < -0.39 is 11.7 Å². The van der Waals surface area contributed by atoms with Crippen molar-refractivity contribution in [3.63, 3.8) is 0 Å². The van der Waals surface area contributed by atoms with E-state index in [-0.39, 0.29) is 11.9 Å². The highest BCUT2D eigenvalue weighted by atomic mass is 19.1. The molecule has 1 aliphatic heterocycles. The van der Waals surface area contributed by atoms with E-state index in [1.54, 1.807) is 12.3 Å². The van der Waals surface area contributed by atoms with Crippen LogP contribution in [0.1, 0.15) is 29.3 Å². The fraction of sp³-hybridized carbons (Fsp3) is 0.200. The molecule has 0 unspecified atom stereocenters. The van der Waals surface area contributed by atoms with Crippen LogP contribution >= 0.6 is 0 Å². The van der Waals surface area contributed by atoms with Crippen LogP contribution in [0.4, 0.5) is 10.1 Å². The minimum atomic E-state index is -0.579. The first kappa shape index (κ1) is 15.6. The van der Waals surface area contributed by atoms with Crippen LogP contribution < -0.4 is 4.90 Å². The number of hydrogen-bond donors (Lipinski definition) is 1. The predicted octanol–water partition coefficient (Wildman–Crippen LogP) is 3.86. The average Bonchev–Trinajstić information content (AvgIpc) is 3.04. The number of benzene rings is 2. The molecule has 25 heavy (non-hydrogen) atoms. The Bertz CT molecular complexity index is 992. The molecule has 5 heteroatoms. The second-order valence-electron chi connectivity index (χ2n) is 6.41. The van der Waals surface area contributed by atoms with Gasteiger partial charge in [0.25, 0.3) is 11.7 Å². The number of nitrogens with zero attached hydrogens (tertiary/aromatic N) is 1. The highest BCUT2D eigenvalue weighted by Gasteiger charge is 2.33. The number of anilines is 1. The minimum absolute atomic E-state index is 0.111. The van der Waals surface area contributed by atoms with E-state index in [0.717, 1.165) is 16.5 Å². The van der Waals surface area contributed by atoms with Crippen molar-refractivity contribution in [2.24, 2.45) is 0 Å². The third-order valence-corrected chi connectivity index (χ3v) is 4.82. The van der Waals surface area contributed by atoms with Crippen molar-refractivity contribution < 1.29 is 14.0 Å². The summed E-state index contributed by atoms with van der Waals surface area (Å²) in [7, 11) is 0. The molecule has 4 nitrogen and oxygen atoms in total. The van der Waals surface area contributed by atoms with E-state index in [1.165, 1.54) is 17.0 Å². The number of aromatic nitrogens is 1. The first-order chi connectivity index (χ1) is 12.1. The van der Waals surface area contributed by atoms with Gasteiger partial charge in [-0.15, -0.1) is 0 Å². The van der Waals surface area contributed by atoms with E-state index in [2.05, 4.69) is 4.98 Å². The SMILES string of the molecule is C[C@H]1CCc2cc(F)ccc2N1C(=O)C(=O)c1c[nH]c2ccccc12. The van der Waals surface area contributed by atoms with Crippen LogP contribution in [0.3, 0.4) is 0 Å². The zero-order valence-electron chi connectivity index (χ0n) is 13.8. The molecular formula is C20H17FN2O2. The molecule has 0 spiro atoms. The number of amides is 1. The maximum atomic E-state index is 13.5. The number of carbonyl (C=O) groups is 2. The van der Waals surface area contributed by atoms with E-state index in [1.807, 2.05) is 31.2 Å². The average molecular weight is 336 g/mol. The Labute approximate surface area is 144 Å². The maximum absolute atomic E-state index is 13.5. The van der Waals surface area contributed by atoms with Crippen LogP contribution in [-0.2, 0) is 11.2 Å². The molecular weight excluding hydrogens is 319 g/mol. The Morgan fingerprint density at radius 3 is 2.84 bits per heavy atom. The van der Waals surface area contributed by atoms with Gasteiger partial charge in [0.2, 0.25) is 0 Å². The van der Waals surface area contributed by atoms with E-state index in [9.17, 15) is 14.0 Å². The smallest absolute Gasteiger partial charge is 0.299 e. The predicted molar refractivity (Wildman–Crippen MR) is 94.3 cm³/mol. The largest absolute Gasteiger partial charge is 0.360 e. The number of hydrogen-bond acceptors (Lipinski definition) is 2. The normalized spacial score (nSPS) is 16.7. The summed E-state index contributed by atoms with van der Waals surface area (Å²) in [5.74, 6) is -1.46. The summed E-state index contributed by atoms with van der Waals surface area (Å²) in [6.45, 7) is 1.91. The van der Waals surface area contributed by atoms with Crippen LogP contribution in [0, 0.1) is 5.82 Å². The van der Waals surface area contributed by atoms with E-state index in [4.69, 9.17) is 0 Å². The number of aryl methyl sites for hydroxylation is 1. The molecule has 0 saturated heterocycles. The van der Waals surface area contributed by atoms with Gasteiger partial charge >= 0.3 is 0 Å². The van der Waals surface area contributed by atoms with Gasteiger partial charge < -0.3 is 9.88 Å². The lowest BCUT2D eigenvalue weighted by Crippen LogP contribution is -2.45. The number of carbonyl (C=O) groups excluding carboxylic acids is 2. The molecule has 0 radical (unpaired) electrons. The molecule has 3 aromatic rings. The van der Waals surface area contributed by atoms with Gasteiger partial charge in [0.05, 0.1) is 5.56 Å². The number of ketones is 1. The monoisotopic (exact) mass is 336 g/mol. The van der Waals surface area contributed by atoms with Gasteiger partial charge in [-0.25, -0.2) is 4.39 Å². The van der Waals surface area contributed by atoms with Crippen LogP contribution in [0.5, 0.6) is 0 Å². The molecule has 1 N–H and O–H groups in total. The summed E-state index contributed by atoms with van der Waals surface area (Å²) < 4.78 is 13.5. The van der Waals surface area contributed by atoms with Crippen LogP contribution in [0.2, 0.25) is 0 Å². The lowest BCUT2D eigenvalue weighted by Gasteiger charge is -2.34. The zero-order chi connectivity index (χ0) is 17.6. The van der Waals surface area contributed by atoms with Crippen molar-refractivity contribution in [1.29, 1.82) is 0 Å². The molecule has 1 aliphatic rings. The Kier molecular flexibility index (Phi) is 3.64. The Morgan fingerprint density at radius 2 is 2.00 bits per heavy atom. The van der Waals surface area contributed by atoms with Crippen molar-refractivity contribution in [1.82, 2.24) is 4.98 Å². The summed E-state index contributed by atoms with van der Waals surface area (Å²) >= 11 is 0. The first-order valence-corrected chi connectivity index (χ1v) is 8.28. The molecule has 0 bridgehead atoms. The number of Topliss-reactive ketones (excluding diaryl/α,β-unsaturated/α-hetero) is 1. The topological polar surface area (TPSA) is 53.2 Å². The molecule has 126 valence electrons. The van der Waals surface area contributed by atoms with E-state index in [0.29, 0.717) is 24.1 Å². The molecule has 0 fully saturated rings. The van der Waals surface area contributed by atoms with Gasteiger partial charge in [0, 0.05) is 28.8 Å². The molecule has 1 atom stereocenters. The van der Waals surface area contributed by atoms with Crippen LogP contribution in [0.15, 0.2) is 48.7 Å². The van der Waals surface area contributed by atoms with Crippen molar-refractivity contribution in [3.8, 4) is 0 Å². The van der Waals surface area contributed by atoms with Crippen molar-refractivity contribution in [3.05, 3.63) is 65.6 Å². The number of aromatic amines is 1. The number of para-hydroxylation sites is 1. The second kappa shape index (κ2) is 5.84. The van der Waals surface area contributed by atoms with Crippen LogP contribution in [0.25, 0.3) is 10.9 Å². The fourth-order valence-electron chi connectivity index (χ4n) is 3.51. The number of halogens is 1. The molecule has 2 heterocycles. The third-order valence-electron chi connectivity index (χ3n) is 4.82. The van der Waals surface area contributed by atoms with Gasteiger partial charge in [0.1, 0.15) is 5.82 Å². The van der Waals surface area contributed by atoms with Gasteiger partial charge in [-0.3, -0.25) is 9.59 Å². The van der Waals surface area contributed by atoms with Gasteiger partial charge in [-0.1, -0.05) is 18.2 Å². The van der Waals surface area contributed by atoms with Crippen molar-refractivity contribution in [2.45, 2.75) is 25.8 Å². The summed E-state index contributed by atoms with van der Waals surface area (Å²) in [6.07, 6.45) is 2.97. The summed E-state index contributed by atoms with van der Waals surface area (Å²) in [6, 6.07) is 11.6. The molecule has 1 aromatic heterocycles. The highest BCUT2D eigenvalue weighted by molar-refractivity contribution is 6.49. The minimum Gasteiger partial charge on any atom is -0.360 e. The standard InChI is InChI=1S/C20H17FN2O2/c1-12-6-7-13-10-14(21)8-9-18(13)23(12)20(25)19(24)16-11-22-17-5-3-2-4-15(16)17/h2-5,8-12,22H,6-7H2,1H3/t12-/m0/s1. The Hall–Kier alpha value is -2.95. The lowest BCUT2D eigenvalue weighted by atomic mass is 9.95. The number of fused-ring (bicyclic) bond motifs is 2. The lowest BCUT2D eigenvalue weighted by molar-refractivity contribution is -0.115. The zero-order valence-corrected chi connectivity index (χ0v) is 13.8. The molecule has 1 amide bonds. The first-order valence-electron chi connectivity index (χ1n) is 8.28. The summed E-state index contributed by atoms with van der Waals surface area (Å²) in [5, 5.41) is 0.727. The molecule has 0 saturated carbocycles. The Morgan fingerprint density at radius 1 is 1.20 bits per heavy atom. The van der Waals surface area contributed by atoms with Gasteiger partial charge in [-0.05, 0) is 49.6 Å².